The van der Waals surface area contributed by atoms with Crippen molar-refractivity contribution in [2.45, 2.75) is 0 Å². The van der Waals surface area contributed by atoms with E-state index in [1.54, 1.807) is 37.7 Å². The van der Waals surface area contributed by atoms with Gasteiger partial charge in [-0.2, -0.15) is 0 Å². The zero-order valence-corrected chi connectivity index (χ0v) is 12.9. The highest BCUT2D eigenvalue weighted by Gasteiger charge is 2.13. The molecule has 2 aromatic heterocycles. The van der Waals surface area contributed by atoms with Gasteiger partial charge in [0.2, 0.25) is 5.95 Å². The van der Waals surface area contributed by atoms with Crippen molar-refractivity contribution in [1.82, 2.24) is 14.5 Å². The third-order valence-corrected chi connectivity index (χ3v) is 3.50. The lowest BCUT2D eigenvalue weighted by atomic mass is 10.1. The second kappa shape index (κ2) is 6.31. The van der Waals surface area contributed by atoms with Crippen molar-refractivity contribution in [1.29, 1.82) is 0 Å². The molecule has 23 heavy (non-hydrogen) atoms. The lowest BCUT2D eigenvalue weighted by Gasteiger charge is -2.08. The van der Waals surface area contributed by atoms with E-state index >= 15 is 0 Å². The fourth-order valence-corrected chi connectivity index (χ4v) is 2.22. The van der Waals surface area contributed by atoms with E-state index in [-0.39, 0.29) is 5.91 Å². The first-order chi connectivity index (χ1) is 11.2. The Labute approximate surface area is 133 Å². The summed E-state index contributed by atoms with van der Waals surface area (Å²) in [6.45, 7) is 0. The van der Waals surface area contributed by atoms with Crippen molar-refractivity contribution < 1.29 is 9.53 Å². The van der Waals surface area contributed by atoms with E-state index in [0.29, 0.717) is 11.6 Å². The van der Waals surface area contributed by atoms with Gasteiger partial charge in [0, 0.05) is 18.8 Å². The van der Waals surface area contributed by atoms with Gasteiger partial charge < -0.3 is 9.30 Å². The number of methoxy groups -OCH3 is 1. The number of hydrogen-bond donors (Lipinski definition) is 1. The van der Waals surface area contributed by atoms with Gasteiger partial charge in [0.05, 0.1) is 19.0 Å². The number of pyridine rings is 1. The fourth-order valence-electron chi connectivity index (χ4n) is 2.22. The van der Waals surface area contributed by atoms with E-state index in [9.17, 15) is 4.79 Å². The maximum Gasteiger partial charge on any atom is 0.276 e. The molecule has 0 aliphatic heterocycles. The molecule has 0 fully saturated rings. The van der Waals surface area contributed by atoms with Crippen LogP contribution in [0.4, 0.5) is 5.95 Å². The first-order valence-electron chi connectivity index (χ1n) is 7.07. The highest BCUT2D eigenvalue weighted by atomic mass is 16.5. The standard InChI is InChI=1S/C17H16N4O2/c1-21-15(12-6-8-13(23-2)9-7-12)11-19-17(21)20-16(22)14-5-3-4-10-18-14/h3-11H,1-2H3,(H,19,20,22). The normalized spacial score (nSPS) is 10.3. The van der Waals surface area contributed by atoms with Crippen molar-refractivity contribution in [3.63, 3.8) is 0 Å². The molecule has 0 atom stereocenters. The van der Waals surface area contributed by atoms with Crippen LogP contribution in [0.1, 0.15) is 10.5 Å². The van der Waals surface area contributed by atoms with E-state index in [1.807, 2.05) is 35.9 Å². The van der Waals surface area contributed by atoms with Gasteiger partial charge in [-0.15, -0.1) is 0 Å². The maximum absolute atomic E-state index is 12.2. The van der Waals surface area contributed by atoms with Crippen LogP contribution < -0.4 is 10.1 Å². The number of nitrogens with one attached hydrogen (secondary N) is 1. The van der Waals surface area contributed by atoms with Crippen molar-refractivity contribution in [3.05, 3.63) is 60.6 Å². The first kappa shape index (κ1) is 14.8. The summed E-state index contributed by atoms with van der Waals surface area (Å²) in [5.41, 5.74) is 2.23. The molecule has 6 nitrogen and oxygen atoms in total. The van der Waals surface area contributed by atoms with Crippen LogP contribution in [0.25, 0.3) is 11.3 Å². The third kappa shape index (κ3) is 3.06. The van der Waals surface area contributed by atoms with Crippen LogP contribution >= 0.6 is 0 Å². The van der Waals surface area contributed by atoms with Crippen LogP contribution in [0.5, 0.6) is 5.75 Å². The zero-order valence-electron chi connectivity index (χ0n) is 12.9. The zero-order chi connectivity index (χ0) is 16.2. The highest BCUT2D eigenvalue weighted by Crippen LogP contribution is 2.24. The van der Waals surface area contributed by atoms with Crippen molar-refractivity contribution >= 4 is 11.9 Å². The number of benzene rings is 1. The minimum Gasteiger partial charge on any atom is -0.497 e. The summed E-state index contributed by atoms with van der Waals surface area (Å²) in [6.07, 6.45) is 3.30. The molecule has 3 rings (SSSR count). The van der Waals surface area contributed by atoms with E-state index in [2.05, 4.69) is 15.3 Å². The number of anilines is 1. The number of nitrogens with zero attached hydrogens (tertiary/aromatic N) is 3. The highest BCUT2D eigenvalue weighted by molar-refractivity contribution is 6.02. The molecule has 6 heteroatoms. The number of carbonyl (C=O) groups excluding carboxylic acids is 1. The molecule has 0 radical (unpaired) electrons. The first-order valence-corrected chi connectivity index (χ1v) is 7.07. The maximum atomic E-state index is 12.2. The smallest absolute Gasteiger partial charge is 0.276 e. The molecule has 0 unspecified atom stereocenters. The molecule has 3 aromatic rings. The summed E-state index contributed by atoms with van der Waals surface area (Å²) in [6, 6.07) is 12.8. The topological polar surface area (TPSA) is 69.0 Å². The second-order valence-corrected chi connectivity index (χ2v) is 4.92. The number of ether oxygens (including phenoxy) is 1. The largest absolute Gasteiger partial charge is 0.497 e. The molecule has 2 heterocycles. The van der Waals surface area contributed by atoms with Gasteiger partial charge in [-0.1, -0.05) is 6.07 Å². The minimum absolute atomic E-state index is 0.291. The predicted octanol–water partition coefficient (Wildman–Crippen LogP) is 2.74. The quantitative estimate of drug-likeness (QED) is 0.804. The van der Waals surface area contributed by atoms with E-state index in [4.69, 9.17) is 4.74 Å². The Kier molecular flexibility index (Phi) is 4.05. The molecule has 1 N–H and O–H groups in total. The van der Waals surface area contributed by atoms with Gasteiger partial charge in [0.1, 0.15) is 11.4 Å². The number of aromatic nitrogens is 3. The molecule has 116 valence electrons. The van der Waals surface area contributed by atoms with Crippen LogP contribution in [0.15, 0.2) is 54.9 Å². The number of imidazole rings is 1. The molecule has 0 spiro atoms. The summed E-state index contributed by atoms with van der Waals surface area (Å²) in [5.74, 6) is 0.964. The van der Waals surface area contributed by atoms with Gasteiger partial charge >= 0.3 is 0 Å². The molecular weight excluding hydrogens is 292 g/mol. The molecule has 0 aliphatic rings. The predicted molar refractivity (Wildman–Crippen MR) is 87.4 cm³/mol. The van der Waals surface area contributed by atoms with E-state index in [0.717, 1.165) is 17.0 Å². The molecule has 0 saturated carbocycles. The Hall–Kier alpha value is -3.15. The molecule has 0 saturated heterocycles. The third-order valence-electron chi connectivity index (χ3n) is 3.50. The van der Waals surface area contributed by atoms with Crippen molar-refractivity contribution in [2.75, 3.05) is 12.4 Å². The molecule has 0 aliphatic carbocycles. The summed E-state index contributed by atoms with van der Waals surface area (Å²) < 4.78 is 6.98. The van der Waals surface area contributed by atoms with E-state index < -0.39 is 0 Å². The lowest BCUT2D eigenvalue weighted by molar-refractivity contribution is 0.102. The van der Waals surface area contributed by atoms with Crippen molar-refractivity contribution in [3.8, 4) is 17.0 Å². The average Bonchev–Trinajstić information content (AvgIpc) is 2.96. The Bertz CT molecular complexity index is 810. The SMILES string of the molecule is COc1ccc(-c2cnc(NC(=O)c3ccccn3)n2C)cc1. The Morgan fingerprint density at radius 3 is 2.57 bits per heavy atom. The van der Waals surface area contributed by atoms with Gasteiger partial charge in [-0.3, -0.25) is 15.1 Å². The average molecular weight is 308 g/mol. The summed E-state index contributed by atoms with van der Waals surface area (Å²) in [7, 11) is 3.48. The van der Waals surface area contributed by atoms with Gasteiger partial charge in [0.25, 0.3) is 5.91 Å². The van der Waals surface area contributed by atoms with Gasteiger partial charge in [-0.05, 0) is 36.4 Å². The van der Waals surface area contributed by atoms with Crippen LogP contribution in [0, 0.1) is 0 Å². The Balaban J connectivity index is 1.83. The fraction of sp³-hybridized carbons (Fsp3) is 0.118. The lowest BCUT2D eigenvalue weighted by Crippen LogP contribution is -2.16. The second-order valence-electron chi connectivity index (χ2n) is 4.92. The van der Waals surface area contributed by atoms with Crippen LogP contribution in [0.2, 0.25) is 0 Å². The van der Waals surface area contributed by atoms with Gasteiger partial charge in [0.15, 0.2) is 0 Å². The van der Waals surface area contributed by atoms with E-state index in [1.165, 1.54) is 0 Å². The monoisotopic (exact) mass is 308 g/mol. The molecule has 1 aromatic carbocycles. The van der Waals surface area contributed by atoms with Crippen LogP contribution in [-0.4, -0.2) is 27.6 Å². The van der Waals surface area contributed by atoms with Crippen LogP contribution in [-0.2, 0) is 7.05 Å². The van der Waals surface area contributed by atoms with Crippen molar-refractivity contribution in [2.24, 2.45) is 7.05 Å². The Morgan fingerprint density at radius 1 is 1.13 bits per heavy atom. The molecule has 0 bridgehead atoms. The number of amides is 1. The number of carbonyl (C=O) groups is 1. The number of hydrogen-bond acceptors (Lipinski definition) is 4. The Morgan fingerprint density at radius 2 is 1.91 bits per heavy atom. The van der Waals surface area contributed by atoms with Gasteiger partial charge in [-0.25, -0.2) is 4.98 Å². The molecular formula is C17H16N4O2. The minimum atomic E-state index is -0.291. The summed E-state index contributed by atoms with van der Waals surface area (Å²) in [4.78, 5) is 20.4. The summed E-state index contributed by atoms with van der Waals surface area (Å²) in [5, 5.41) is 2.76. The number of rotatable bonds is 4. The van der Waals surface area contributed by atoms with Crippen LogP contribution in [0.3, 0.4) is 0 Å². The molecule has 1 amide bonds. The summed E-state index contributed by atoms with van der Waals surface area (Å²) >= 11 is 0.